The normalized spacial score (nSPS) is 10.3. The number of ether oxygens (including phenoxy) is 1. The zero-order valence-corrected chi connectivity index (χ0v) is 8.92. The number of rotatable bonds is 3. The second-order valence-corrected chi connectivity index (χ2v) is 3.26. The fourth-order valence-corrected chi connectivity index (χ4v) is 1.38. The Morgan fingerprint density at radius 1 is 1.25 bits per heavy atom. The molecule has 2 rings (SSSR count). The van der Waals surface area contributed by atoms with E-state index in [-0.39, 0.29) is 0 Å². The summed E-state index contributed by atoms with van der Waals surface area (Å²) in [5, 5.41) is 0. The fourth-order valence-electron chi connectivity index (χ4n) is 1.38. The summed E-state index contributed by atoms with van der Waals surface area (Å²) in [7, 11) is 1.60. The van der Waals surface area contributed by atoms with E-state index in [1.807, 2.05) is 12.1 Å². The molecule has 0 unspecified atom stereocenters. The Hall–Kier alpha value is -2.01. The third kappa shape index (κ3) is 2.32. The van der Waals surface area contributed by atoms with E-state index in [0.29, 0.717) is 18.2 Å². The number of anilines is 1. The zero-order chi connectivity index (χ0) is 11.4. The molecule has 0 radical (unpaired) electrons. The van der Waals surface area contributed by atoms with E-state index in [1.165, 1.54) is 0 Å². The lowest BCUT2D eigenvalue weighted by atomic mass is 10.2. The molecule has 0 aromatic carbocycles. The molecule has 0 bridgehead atoms. The van der Waals surface area contributed by atoms with Crippen molar-refractivity contribution in [3.8, 4) is 11.3 Å². The van der Waals surface area contributed by atoms with E-state index in [2.05, 4.69) is 15.0 Å². The van der Waals surface area contributed by atoms with Crippen molar-refractivity contribution in [3.63, 3.8) is 0 Å². The maximum absolute atomic E-state index is 5.70. The van der Waals surface area contributed by atoms with Crippen LogP contribution in [0.25, 0.3) is 11.3 Å². The zero-order valence-electron chi connectivity index (χ0n) is 8.92. The summed E-state index contributed by atoms with van der Waals surface area (Å²) in [4.78, 5) is 12.4. The van der Waals surface area contributed by atoms with Crippen LogP contribution >= 0.6 is 0 Å². The number of aromatic nitrogens is 3. The van der Waals surface area contributed by atoms with Gasteiger partial charge < -0.3 is 10.5 Å². The molecule has 0 atom stereocenters. The second-order valence-electron chi connectivity index (χ2n) is 3.26. The SMILES string of the molecule is COCc1nc(N)cc(-c2ccncc2)n1. The molecular formula is C11H12N4O. The first-order chi connectivity index (χ1) is 7.79. The van der Waals surface area contributed by atoms with Gasteiger partial charge in [0.15, 0.2) is 5.82 Å². The first-order valence-electron chi connectivity index (χ1n) is 4.82. The summed E-state index contributed by atoms with van der Waals surface area (Å²) < 4.78 is 4.98. The van der Waals surface area contributed by atoms with Crippen LogP contribution in [0.1, 0.15) is 5.82 Å². The average molecular weight is 216 g/mol. The van der Waals surface area contributed by atoms with Crippen LogP contribution in [-0.4, -0.2) is 22.1 Å². The van der Waals surface area contributed by atoms with Crippen molar-refractivity contribution in [1.29, 1.82) is 0 Å². The monoisotopic (exact) mass is 216 g/mol. The number of methoxy groups -OCH3 is 1. The van der Waals surface area contributed by atoms with E-state index in [9.17, 15) is 0 Å². The highest BCUT2D eigenvalue weighted by atomic mass is 16.5. The molecule has 2 aromatic rings. The lowest BCUT2D eigenvalue weighted by Crippen LogP contribution is -2.02. The quantitative estimate of drug-likeness (QED) is 0.836. The van der Waals surface area contributed by atoms with Gasteiger partial charge in [0.2, 0.25) is 0 Å². The Kier molecular flexibility index (Phi) is 3.07. The highest BCUT2D eigenvalue weighted by molar-refractivity contribution is 5.60. The van der Waals surface area contributed by atoms with Crippen molar-refractivity contribution in [3.05, 3.63) is 36.4 Å². The largest absolute Gasteiger partial charge is 0.384 e. The molecule has 5 nitrogen and oxygen atoms in total. The molecule has 82 valence electrons. The first-order valence-corrected chi connectivity index (χ1v) is 4.82. The lowest BCUT2D eigenvalue weighted by Gasteiger charge is -2.04. The first kappa shape index (κ1) is 10.5. The Bertz CT molecular complexity index is 473. The highest BCUT2D eigenvalue weighted by Gasteiger charge is 2.04. The van der Waals surface area contributed by atoms with Gasteiger partial charge in [-0.05, 0) is 12.1 Å². The van der Waals surface area contributed by atoms with Gasteiger partial charge in [0.1, 0.15) is 12.4 Å². The van der Waals surface area contributed by atoms with Gasteiger partial charge in [0.05, 0.1) is 5.69 Å². The molecule has 0 saturated heterocycles. The van der Waals surface area contributed by atoms with Crippen molar-refractivity contribution < 1.29 is 4.74 Å². The Morgan fingerprint density at radius 3 is 2.69 bits per heavy atom. The maximum Gasteiger partial charge on any atom is 0.157 e. The molecular weight excluding hydrogens is 204 g/mol. The molecule has 5 heteroatoms. The van der Waals surface area contributed by atoms with Gasteiger partial charge in [0.25, 0.3) is 0 Å². The molecule has 2 aromatic heterocycles. The number of pyridine rings is 1. The van der Waals surface area contributed by atoms with Crippen LogP contribution in [0, 0.1) is 0 Å². The summed E-state index contributed by atoms with van der Waals surface area (Å²) in [6, 6.07) is 5.48. The predicted molar refractivity (Wildman–Crippen MR) is 60.4 cm³/mol. The molecule has 2 N–H and O–H groups in total. The minimum Gasteiger partial charge on any atom is -0.384 e. The number of nitrogen functional groups attached to an aromatic ring is 1. The summed E-state index contributed by atoms with van der Waals surface area (Å²) in [5.74, 6) is 1.02. The van der Waals surface area contributed by atoms with E-state index in [4.69, 9.17) is 10.5 Å². The maximum atomic E-state index is 5.70. The van der Waals surface area contributed by atoms with Gasteiger partial charge in [-0.3, -0.25) is 4.98 Å². The van der Waals surface area contributed by atoms with Crippen LogP contribution in [0.15, 0.2) is 30.6 Å². The number of hydrogen-bond donors (Lipinski definition) is 1. The molecule has 0 aliphatic heterocycles. The lowest BCUT2D eigenvalue weighted by molar-refractivity contribution is 0.178. The third-order valence-electron chi connectivity index (χ3n) is 2.04. The fraction of sp³-hybridized carbons (Fsp3) is 0.182. The van der Waals surface area contributed by atoms with Gasteiger partial charge in [-0.1, -0.05) is 0 Å². The van der Waals surface area contributed by atoms with Crippen LogP contribution < -0.4 is 5.73 Å². The van der Waals surface area contributed by atoms with Gasteiger partial charge >= 0.3 is 0 Å². The van der Waals surface area contributed by atoms with Crippen LogP contribution in [0.5, 0.6) is 0 Å². The Labute approximate surface area is 93.3 Å². The van der Waals surface area contributed by atoms with Crippen molar-refractivity contribution in [2.24, 2.45) is 0 Å². The van der Waals surface area contributed by atoms with Gasteiger partial charge in [-0.15, -0.1) is 0 Å². The van der Waals surface area contributed by atoms with E-state index >= 15 is 0 Å². The molecule has 0 fully saturated rings. The summed E-state index contributed by atoms with van der Waals surface area (Å²) >= 11 is 0. The Morgan fingerprint density at radius 2 is 2.00 bits per heavy atom. The minimum atomic E-state index is 0.350. The van der Waals surface area contributed by atoms with Crippen molar-refractivity contribution >= 4 is 5.82 Å². The number of nitrogens with zero attached hydrogens (tertiary/aromatic N) is 3. The van der Waals surface area contributed by atoms with Crippen molar-refractivity contribution in [2.45, 2.75) is 6.61 Å². The Balaban J connectivity index is 2.41. The number of hydrogen-bond acceptors (Lipinski definition) is 5. The standard InChI is InChI=1S/C11H12N4O/c1-16-7-11-14-9(6-10(12)15-11)8-2-4-13-5-3-8/h2-6H,7H2,1H3,(H2,12,14,15). The summed E-state index contributed by atoms with van der Waals surface area (Å²) in [5.41, 5.74) is 7.44. The molecule has 0 aliphatic carbocycles. The molecule has 0 spiro atoms. The summed E-state index contributed by atoms with van der Waals surface area (Å²) in [6.07, 6.45) is 3.42. The van der Waals surface area contributed by atoms with E-state index < -0.39 is 0 Å². The van der Waals surface area contributed by atoms with Crippen molar-refractivity contribution in [1.82, 2.24) is 15.0 Å². The summed E-state index contributed by atoms with van der Waals surface area (Å²) in [6.45, 7) is 0.350. The van der Waals surface area contributed by atoms with Crippen LogP contribution in [0.2, 0.25) is 0 Å². The second kappa shape index (κ2) is 4.67. The smallest absolute Gasteiger partial charge is 0.157 e. The minimum absolute atomic E-state index is 0.350. The highest BCUT2D eigenvalue weighted by Crippen LogP contribution is 2.17. The molecule has 16 heavy (non-hydrogen) atoms. The molecule has 0 amide bonds. The van der Waals surface area contributed by atoms with Gasteiger partial charge in [-0.25, -0.2) is 9.97 Å². The molecule has 0 saturated carbocycles. The van der Waals surface area contributed by atoms with Gasteiger partial charge in [-0.2, -0.15) is 0 Å². The predicted octanol–water partition coefficient (Wildman–Crippen LogP) is 1.27. The number of nitrogens with two attached hydrogens (primary N) is 1. The van der Waals surface area contributed by atoms with Crippen molar-refractivity contribution in [2.75, 3.05) is 12.8 Å². The van der Waals surface area contributed by atoms with Crippen LogP contribution in [0.4, 0.5) is 5.82 Å². The average Bonchev–Trinajstić information content (AvgIpc) is 2.30. The topological polar surface area (TPSA) is 73.9 Å². The third-order valence-corrected chi connectivity index (χ3v) is 2.04. The van der Waals surface area contributed by atoms with E-state index in [0.717, 1.165) is 11.3 Å². The molecule has 2 heterocycles. The molecule has 0 aliphatic rings. The van der Waals surface area contributed by atoms with Gasteiger partial charge in [0, 0.05) is 31.1 Å². The van der Waals surface area contributed by atoms with Crippen LogP contribution in [0.3, 0.4) is 0 Å². The van der Waals surface area contributed by atoms with Crippen LogP contribution in [-0.2, 0) is 11.3 Å². The van der Waals surface area contributed by atoms with E-state index in [1.54, 1.807) is 25.6 Å².